The van der Waals surface area contributed by atoms with Crippen molar-refractivity contribution in [2.45, 2.75) is 31.1 Å². The van der Waals surface area contributed by atoms with Gasteiger partial charge in [0, 0.05) is 13.1 Å². The van der Waals surface area contributed by atoms with E-state index in [4.69, 9.17) is 5.26 Å². The number of sulfonamides is 1. The molecule has 6 nitrogen and oxygen atoms in total. The third kappa shape index (κ3) is 2.77. The highest BCUT2D eigenvalue weighted by atomic mass is 32.2. The summed E-state index contributed by atoms with van der Waals surface area (Å²) < 4.78 is 26.0. The number of carbonyl (C=O) groups is 1. The molecule has 0 amide bonds. The van der Waals surface area contributed by atoms with Gasteiger partial charge in [0.2, 0.25) is 10.0 Å². The van der Waals surface area contributed by atoms with Gasteiger partial charge in [-0.3, -0.25) is 4.79 Å². The van der Waals surface area contributed by atoms with E-state index in [9.17, 15) is 18.3 Å². The zero-order chi connectivity index (χ0) is 15.6. The lowest BCUT2D eigenvalue weighted by Crippen LogP contribution is -2.44. The molecule has 0 aliphatic carbocycles. The van der Waals surface area contributed by atoms with Gasteiger partial charge in [-0.2, -0.15) is 9.57 Å². The van der Waals surface area contributed by atoms with E-state index in [0.717, 1.165) is 4.31 Å². The van der Waals surface area contributed by atoms with Crippen molar-refractivity contribution in [2.75, 3.05) is 6.54 Å². The van der Waals surface area contributed by atoms with Crippen LogP contribution in [0.15, 0.2) is 24.3 Å². The Labute approximate surface area is 123 Å². The minimum Gasteiger partial charge on any atom is -0.481 e. The summed E-state index contributed by atoms with van der Waals surface area (Å²) in [6, 6.07) is 8.70. The quantitative estimate of drug-likeness (QED) is 0.904. The largest absolute Gasteiger partial charge is 0.481 e. The van der Waals surface area contributed by atoms with E-state index in [2.05, 4.69) is 0 Å². The summed E-state index contributed by atoms with van der Waals surface area (Å²) in [7, 11) is -3.82. The number of hydrogen-bond acceptors (Lipinski definition) is 4. The van der Waals surface area contributed by atoms with E-state index in [1.807, 2.05) is 0 Å². The number of carboxylic acid groups (broad SMARTS) is 1. The summed E-state index contributed by atoms with van der Waals surface area (Å²) in [5.41, 5.74) is 1.31. The van der Waals surface area contributed by atoms with Crippen molar-refractivity contribution in [3.63, 3.8) is 0 Å². The van der Waals surface area contributed by atoms with Gasteiger partial charge in [-0.1, -0.05) is 31.2 Å². The Morgan fingerprint density at radius 1 is 1.52 bits per heavy atom. The van der Waals surface area contributed by atoms with Crippen LogP contribution in [0, 0.1) is 11.3 Å². The van der Waals surface area contributed by atoms with Gasteiger partial charge >= 0.3 is 5.97 Å². The van der Waals surface area contributed by atoms with Gasteiger partial charge in [-0.15, -0.1) is 0 Å². The standard InChI is InChI=1S/C14H16N2O4S/c1-2-11(7-15)21(19,20)16-8-10-5-3-4-6-12(10)13(9-16)14(17)18/h3-6,11,13H,2,8-9H2,1H3,(H,17,18). The molecule has 0 aromatic heterocycles. The van der Waals surface area contributed by atoms with Gasteiger partial charge in [-0.25, -0.2) is 8.42 Å². The summed E-state index contributed by atoms with van der Waals surface area (Å²) in [5, 5.41) is 17.2. The fraction of sp³-hybridized carbons (Fsp3) is 0.429. The van der Waals surface area contributed by atoms with E-state index in [-0.39, 0.29) is 19.5 Å². The summed E-state index contributed by atoms with van der Waals surface area (Å²) in [6.07, 6.45) is 0.175. The maximum absolute atomic E-state index is 12.4. The van der Waals surface area contributed by atoms with Crippen LogP contribution >= 0.6 is 0 Å². The second kappa shape index (κ2) is 5.84. The maximum atomic E-state index is 12.4. The Balaban J connectivity index is 2.43. The molecule has 0 saturated carbocycles. The average Bonchev–Trinajstić information content (AvgIpc) is 2.46. The summed E-state index contributed by atoms with van der Waals surface area (Å²) >= 11 is 0. The molecule has 0 fully saturated rings. The third-order valence-electron chi connectivity index (χ3n) is 3.70. The SMILES string of the molecule is CCC(C#N)S(=O)(=O)N1Cc2ccccc2C(C(=O)O)C1. The van der Waals surface area contributed by atoms with Crippen LogP contribution < -0.4 is 0 Å². The second-order valence-electron chi connectivity index (χ2n) is 4.95. The Hall–Kier alpha value is -1.91. The molecule has 1 heterocycles. The highest BCUT2D eigenvalue weighted by Crippen LogP contribution is 2.31. The minimum absolute atomic E-state index is 0.112. The van der Waals surface area contributed by atoms with Crippen LogP contribution in [0.4, 0.5) is 0 Å². The molecule has 2 rings (SSSR count). The first-order valence-electron chi connectivity index (χ1n) is 6.61. The topological polar surface area (TPSA) is 98.5 Å². The number of hydrogen-bond donors (Lipinski definition) is 1. The molecular formula is C14H16N2O4S. The van der Waals surface area contributed by atoms with Crippen LogP contribution in [0.25, 0.3) is 0 Å². The molecule has 21 heavy (non-hydrogen) atoms. The van der Waals surface area contributed by atoms with Gasteiger partial charge in [0.1, 0.15) is 0 Å². The van der Waals surface area contributed by atoms with Crippen LogP contribution in [0.5, 0.6) is 0 Å². The van der Waals surface area contributed by atoms with E-state index >= 15 is 0 Å². The predicted molar refractivity (Wildman–Crippen MR) is 75.8 cm³/mol. The normalized spacial score (nSPS) is 20.3. The third-order valence-corrected chi connectivity index (χ3v) is 5.85. The minimum atomic E-state index is -3.82. The van der Waals surface area contributed by atoms with Crippen LogP contribution in [-0.4, -0.2) is 35.6 Å². The van der Waals surface area contributed by atoms with E-state index < -0.39 is 27.2 Å². The first kappa shape index (κ1) is 15.5. The van der Waals surface area contributed by atoms with Crippen molar-refractivity contribution in [3.05, 3.63) is 35.4 Å². The van der Waals surface area contributed by atoms with Crippen molar-refractivity contribution in [3.8, 4) is 6.07 Å². The van der Waals surface area contributed by atoms with E-state index in [1.165, 1.54) is 0 Å². The molecule has 2 unspecified atom stereocenters. The average molecular weight is 308 g/mol. The van der Waals surface area contributed by atoms with Gasteiger partial charge in [0.05, 0.1) is 12.0 Å². The highest BCUT2D eigenvalue weighted by Gasteiger charge is 2.38. The number of rotatable bonds is 4. The molecule has 112 valence electrons. The van der Waals surface area contributed by atoms with E-state index in [0.29, 0.717) is 11.1 Å². The van der Waals surface area contributed by atoms with Crippen molar-refractivity contribution in [1.82, 2.24) is 4.31 Å². The van der Waals surface area contributed by atoms with Gasteiger partial charge in [-0.05, 0) is 17.5 Å². The maximum Gasteiger partial charge on any atom is 0.312 e. The van der Waals surface area contributed by atoms with Crippen molar-refractivity contribution >= 4 is 16.0 Å². The molecule has 0 saturated heterocycles. The number of nitriles is 1. The van der Waals surface area contributed by atoms with Crippen LogP contribution in [0.3, 0.4) is 0 Å². The molecule has 2 atom stereocenters. The highest BCUT2D eigenvalue weighted by molar-refractivity contribution is 7.90. The number of aliphatic carboxylic acids is 1. The Morgan fingerprint density at radius 2 is 2.19 bits per heavy atom. The second-order valence-corrected chi connectivity index (χ2v) is 7.07. The zero-order valence-corrected chi connectivity index (χ0v) is 12.4. The summed E-state index contributed by atoms with van der Waals surface area (Å²) in [6.45, 7) is 1.60. The molecule has 1 aliphatic rings. The van der Waals surface area contributed by atoms with Crippen LogP contribution in [0.1, 0.15) is 30.4 Å². The van der Waals surface area contributed by atoms with Gasteiger partial charge in [0.25, 0.3) is 0 Å². The predicted octanol–water partition coefficient (Wildman–Crippen LogP) is 1.30. The fourth-order valence-electron chi connectivity index (χ4n) is 2.53. The number of benzene rings is 1. The lowest BCUT2D eigenvalue weighted by Gasteiger charge is -2.32. The monoisotopic (exact) mass is 308 g/mol. The van der Waals surface area contributed by atoms with Crippen LogP contribution in [0.2, 0.25) is 0 Å². The summed E-state index contributed by atoms with van der Waals surface area (Å²) in [4.78, 5) is 11.4. The smallest absolute Gasteiger partial charge is 0.312 e. The van der Waals surface area contributed by atoms with E-state index in [1.54, 1.807) is 37.3 Å². The number of nitrogens with zero attached hydrogens (tertiary/aromatic N) is 2. The van der Waals surface area contributed by atoms with Crippen LogP contribution in [-0.2, 0) is 21.4 Å². The number of fused-ring (bicyclic) bond motifs is 1. The molecule has 0 spiro atoms. The molecule has 1 aromatic rings. The zero-order valence-electron chi connectivity index (χ0n) is 11.6. The fourth-order valence-corrected chi connectivity index (χ4v) is 4.12. The Kier molecular flexibility index (Phi) is 4.30. The molecule has 7 heteroatoms. The molecule has 0 radical (unpaired) electrons. The van der Waals surface area contributed by atoms with Crippen molar-refractivity contribution in [2.24, 2.45) is 0 Å². The lowest BCUT2D eigenvalue weighted by atomic mass is 9.91. The lowest BCUT2D eigenvalue weighted by molar-refractivity contribution is -0.139. The molecule has 0 bridgehead atoms. The summed E-state index contributed by atoms with van der Waals surface area (Å²) in [5.74, 6) is -1.96. The molecule has 1 aromatic carbocycles. The number of carboxylic acids is 1. The van der Waals surface area contributed by atoms with Gasteiger partial charge in [0.15, 0.2) is 5.25 Å². The first-order chi connectivity index (χ1) is 9.91. The van der Waals surface area contributed by atoms with Crippen molar-refractivity contribution in [1.29, 1.82) is 5.26 Å². The Bertz CT molecular complexity index is 693. The van der Waals surface area contributed by atoms with Gasteiger partial charge < -0.3 is 5.11 Å². The molecule has 1 N–H and O–H groups in total. The molecule has 1 aliphatic heterocycles. The first-order valence-corrected chi connectivity index (χ1v) is 8.11. The van der Waals surface area contributed by atoms with Crippen molar-refractivity contribution < 1.29 is 18.3 Å². The Morgan fingerprint density at radius 3 is 2.76 bits per heavy atom. The molecular weight excluding hydrogens is 292 g/mol.